The second-order valence-corrected chi connectivity index (χ2v) is 6.65. The minimum absolute atomic E-state index is 0.215. The highest BCUT2D eigenvalue weighted by atomic mass is 35.5. The lowest BCUT2D eigenvalue weighted by molar-refractivity contribution is -0.161. The lowest BCUT2D eigenvalue weighted by Crippen LogP contribution is -2.40. The number of nitrogens with one attached hydrogen (secondary N) is 2. The number of hydrogen-bond acceptors (Lipinski definition) is 4. The van der Waals surface area contributed by atoms with E-state index in [1.165, 1.54) is 0 Å². The van der Waals surface area contributed by atoms with Gasteiger partial charge in [0.05, 0.1) is 6.61 Å². The van der Waals surface area contributed by atoms with Gasteiger partial charge in [-0.2, -0.15) is 0 Å². The smallest absolute Gasteiger partial charge is 0.313 e. The van der Waals surface area contributed by atoms with Gasteiger partial charge in [-0.15, -0.1) is 0 Å². The number of carbonyl (C=O) groups excluding carboxylic acids is 2. The number of ether oxygens (including phenoxy) is 2. The molecule has 1 spiro atoms. The largest absolute Gasteiger partial charge is 0.347 e. The highest BCUT2D eigenvalue weighted by Gasteiger charge is 2.43. The molecule has 7 heteroatoms. The Balaban J connectivity index is 1.48. The fourth-order valence-electron chi connectivity index (χ4n) is 3.10. The van der Waals surface area contributed by atoms with Crippen LogP contribution in [-0.2, 0) is 19.1 Å². The van der Waals surface area contributed by atoms with Crippen molar-refractivity contribution in [1.82, 2.24) is 5.32 Å². The van der Waals surface area contributed by atoms with Gasteiger partial charge in [-0.1, -0.05) is 17.7 Å². The number of carbonyl (C=O) groups is 2. The third kappa shape index (κ3) is 3.71. The molecule has 2 aliphatic rings. The lowest BCUT2D eigenvalue weighted by atomic mass is 10.2. The minimum atomic E-state index is -0.727. The molecule has 24 heavy (non-hydrogen) atoms. The highest BCUT2D eigenvalue weighted by Crippen LogP contribution is 2.38. The van der Waals surface area contributed by atoms with Gasteiger partial charge in [0.1, 0.15) is 6.10 Å². The van der Waals surface area contributed by atoms with Crippen molar-refractivity contribution < 1.29 is 19.1 Å². The van der Waals surface area contributed by atoms with Crippen molar-refractivity contribution in [3.8, 4) is 0 Å². The molecule has 0 bridgehead atoms. The topological polar surface area (TPSA) is 76.7 Å². The van der Waals surface area contributed by atoms with Crippen molar-refractivity contribution in [2.24, 2.45) is 0 Å². The molecule has 130 valence electrons. The number of anilines is 1. The maximum Gasteiger partial charge on any atom is 0.313 e. The Kier molecular flexibility index (Phi) is 5.08. The molecule has 1 aromatic rings. The van der Waals surface area contributed by atoms with Crippen molar-refractivity contribution in [1.29, 1.82) is 0 Å². The number of benzene rings is 1. The molecule has 0 unspecified atom stereocenters. The van der Waals surface area contributed by atoms with E-state index in [9.17, 15) is 9.59 Å². The first-order chi connectivity index (χ1) is 11.5. The highest BCUT2D eigenvalue weighted by molar-refractivity contribution is 6.40. The van der Waals surface area contributed by atoms with Gasteiger partial charge in [-0.05, 0) is 37.5 Å². The minimum Gasteiger partial charge on any atom is -0.347 e. The summed E-state index contributed by atoms with van der Waals surface area (Å²) in [5.41, 5.74) is 1.24. The maximum atomic E-state index is 12.0. The zero-order valence-electron chi connectivity index (χ0n) is 13.6. The van der Waals surface area contributed by atoms with Crippen LogP contribution in [0.2, 0.25) is 5.02 Å². The molecule has 0 aromatic heterocycles. The molecule has 1 aliphatic heterocycles. The molecule has 0 radical (unpaired) electrons. The normalized spacial score (nSPS) is 21.8. The maximum absolute atomic E-state index is 12.0. The third-order valence-corrected chi connectivity index (χ3v) is 4.90. The summed E-state index contributed by atoms with van der Waals surface area (Å²) in [5.74, 6) is -1.89. The van der Waals surface area contributed by atoms with E-state index in [0.717, 1.165) is 31.2 Å². The predicted octanol–water partition coefficient (Wildman–Crippen LogP) is 2.39. The second kappa shape index (κ2) is 7.09. The van der Waals surface area contributed by atoms with E-state index in [2.05, 4.69) is 10.6 Å². The standard InChI is InChI=1S/C17H21ClN2O4/c1-11-13(18)5-4-6-14(11)20-16(22)15(21)19-9-12-10-23-17(24-12)7-2-3-8-17/h4-6,12H,2-3,7-10H2,1H3,(H,19,21)(H,20,22)/t12-/m0/s1. The molecule has 1 saturated heterocycles. The molecule has 3 rings (SSSR count). The molecule has 1 aliphatic carbocycles. The predicted molar refractivity (Wildman–Crippen MR) is 89.9 cm³/mol. The van der Waals surface area contributed by atoms with Gasteiger partial charge < -0.3 is 20.1 Å². The monoisotopic (exact) mass is 352 g/mol. The second-order valence-electron chi connectivity index (χ2n) is 6.25. The zero-order valence-corrected chi connectivity index (χ0v) is 14.3. The van der Waals surface area contributed by atoms with Gasteiger partial charge in [0, 0.05) is 30.1 Å². The van der Waals surface area contributed by atoms with Crippen LogP contribution in [0.5, 0.6) is 0 Å². The molecule has 1 aromatic carbocycles. The van der Waals surface area contributed by atoms with E-state index in [0.29, 0.717) is 17.3 Å². The number of rotatable bonds is 3. The number of halogens is 1. The molecule has 1 heterocycles. The molecule has 2 fully saturated rings. The lowest BCUT2D eigenvalue weighted by Gasteiger charge is -2.21. The van der Waals surface area contributed by atoms with Crippen LogP contribution in [0.15, 0.2) is 18.2 Å². The Hall–Kier alpha value is -1.63. The molecular formula is C17H21ClN2O4. The molecule has 2 amide bonds. The summed E-state index contributed by atoms with van der Waals surface area (Å²) in [4.78, 5) is 24.0. The summed E-state index contributed by atoms with van der Waals surface area (Å²) >= 11 is 6.00. The summed E-state index contributed by atoms with van der Waals surface area (Å²) in [7, 11) is 0. The first-order valence-electron chi connectivity index (χ1n) is 8.15. The van der Waals surface area contributed by atoms with Crippen LogP contribution in [0, 0.1) is 6.92 Å². The summed E-state index contributed by atoms with van der Waals surface area (Å²) in [6.07, 6.45) is 3.77. The summed E-state index contributed by atoms with van der Waals surface area (Å²) in [5, 5.41) is 5.70. The van der Waals surface area contributed by atoms with Crippen molar-refractivity contribution >= 4 is 29.1 Å². The Morgan fingerprint density at radius 1 is 1.29 bits per heavy atom. The van der Waals surface area contributed by atoms with E-state index in [1.54, 1.807) is 25.1 Å². The summed E-state index contributed by atoms with van der Waals surface area (Å²) in [6.45, 7) is 2.47. The summed E-state index contributed by atoms with van der Waals surface area (Å²) in [6, 6.07) is 5.14. The van der Waals surface area contributed by atoms with E-state index < -0.39 is 17.6 Å². The van der Waals surface area contributed by atoms with Gasteiger partial charge in [0.2, 0.25) is 0 Å². The number of hydrogen-bond donors (Lipinski definition) is 2. The van der Waals surface area contributed by atoms with Gasteiger partial charge >= 0.3 is 11.8 Å². The van der Waals surface area contributed by atoms with Crippen LogP contribution in [0.4, 0.5) is 5.69 Å². The average molecular weight is 353 g/mol. The van der Waals surface area contributed by atoms with Gasteiger partial charge in [-0.25, -0.2) is 0 Å². The first kappa shape index (κ1) is 17.2. The van der Waals surface area contributed by atoms with E-state index in [1.807, 2.05) is 0 Å². The van der Waals surface area contributed by atoms with Crippen LogP contribution in [0.25, 0.3) is 0 Å². The van der Waals surface area contributed by atoms with E-state index in [-0.39, 0.29) is 12.6 Å². The molecule has 1 atom stereocenters. The SMILES string of the molecule is Cc1c(Cl)cccc1NC(=O)C(=O)NC[C@H]1COC2(CCCC2)O1. The Labute approximate surface area is 145 Å². The van der Waals surface area contributed by atoms with Crippen LogP contribution >= 0.6 is 11.6 Å². The van der Waals surface area contributed by atoms with Crippen molar-refractivity contribution in [2.75, 3.05) is 18.5 Å². The zero-order chi connectivity index (χ0) is 17.2. The Morgan fingerprint density at radius 3 is 2.79 bits per heavy atom. The first-order valence-corrected chi connectivity index (χ1v) is 8.53. The molecule has 1 saturated carbocycles. The van der Waals surface area contributed by atoms with Gasteiger partial charge in [0.15, 0.2) is 5.79 Å². The Morgan fingerprint density at radius 2 is 2.04 bits per heavy atom. The average Bonchev–Trinajstić information content (AvgIpc) is 3.19. The molecule has 6 nitrogen and oxygen atoms in total. The van der Waals surface area contributed by atoms with Crippen LogP contribution in [-0.4, -0.2) is 36.9 Å². The molecular weight excluding hydrogens is 332 g/mol. The van der Waals surface area contributed by atoms with Crippen molar-refractivity contribution in [3.05, 3.63) is 28.8 Å². The van der Waals surface area contributed by atoms with Crippen molar-refractivity contribution in [2.45, 2.75) is 44.5 Å². The summed E-state index contributed by atoms with van der Waals surface area (Å²) < 4.78 is 11.6. The van der Waals surface area contributed by atoms with E-state index in [4.69, 9.17) is 21.1 Å². The van der Waals surface area contributed by atoms with Crippen LogP contribution in [0.1, 0.15) is 31.2 Å². The van der Waals surface area contributed by atoms with Crippen LogP contribution in [0.3, 0.4) is 0 Å². The van der Waals surface area contributed by atoms with Gasteiger partial charge in [-0.3, -0.25) is 9.59 Å². The van der Waals surface area contributed by atoms with Crippen LogP contribution < -0.4 is 10.6 Å². The van der Waals surface area contributed by atoms with Gasteiger partial charge in [0.25, 0.3) is 0 Å². The Bertz CT molecular complexity index is 643. The fourth-order valence-corrected chi connectivity index (χ4v) is 3.28. The quantitative estimate of drug-likeness (QED) is 0.819. The van der Waals surface area contributed by atoms with E-state index >= 15 is 0 Å². The number of amides is 2. The van der Waals surface area contributed by atoms with Crippen molar-refractivity contribution in [3.63, 3.8) is 0 Å². The fraction of sp³-hybridized carbons (Fsp3) is 0.529. The molecule has 2 N–H and O–H groups in total. The third-order valence-electron chi connectivity index (χ3n) is 4.49.